The Morgan fingerprint density at radius 1 is 1.24 bits per heavy atom. The second kappa shape index (κ2) is 4.65. The molecule has 0 unspecified atom stereocenters. The van der Waals surface area contributed by atoms with Gasteiger partial charge in [0.25, 0.3) is 0 Å². The van der Waals surface area contributed by atoms with E-state index in [0.717, 1.165) is 35.0 Å². The van der Waals surface area contributed by atoms with Crippen LogP contribution in [0.5, 0.6) is 11.5 Å². The van der Waals surface area contributed by atoms with E-state index >= 15 is 0 Å². The van der Waals surface area contributed by atoms with E-state index in [2.05, 4.69) is 48.9 Å². The molecular weight excluding hydrogens is 264 g/mol. The summed E-state index contributed by atoms with van der Waals surface area (Å²) in [6.07, 6.45) is 3.05. The first-order valence-corrected chi connectivity index (χ1v) is 7.44. The molecule has 108 valence electrons. The van der Waals surface area contributed by atoms with Gasteiger partial charge in [0.15, 0.2) is 11.5 Å². The van der Waals surface area contributed by atoms with Crippen LogP contribution in [0.25, 0.3) is 5.69 Å². The van der Waals surface area contributed by atoms with Gasteiger partial charge < -0.3 is 14.0 Å². The summed E-state index contributed by atoms with van der Waals surface area (Å²) in [4.78, 5) is 4.90. The first-order valence-electron chi connectivity index (χ1n) is 7.44. The Bertz CT molecular complexity index is 730. The van der Waals surface area contributed by atoms with E-state index < -0.39 is 0 Å². The molecule has 3 heterocycles. The van der Waals surface area contributed by atoms with Crippen LogP contribution in [-0.4, -0.2) is 23.5 Å². The van der Waals surface area contributed by atoms with Crippen molar-refractivity contribution in [3.63, 3.8) is 0 Å². The summed E-state index contributed by atoms with van der Waals surface area (Å²) < 4.78 is 13.7. The number of ether oxygens (including phenoxy) is 2. The van der Waals surface area contributed by atoms with Gasteiger partial charge in [-0.1, -0.05) is 6.92 Å². The second-order valence-electron chi connectivity index (χ2n) is 5.46. The lowest BCUT2D eigenvalue weighted by molar-refractivity contribution is 0.171. The molecule has 2 aliphatic rings. The molecular formula is C17H18N2O2. The minimum Gasteiger partial charge on any atom is -0.486 e. The van der Waals surface area contributed by atoms with Crippen molar-refractivity contribution in [2.75, 3.05) is 13.2 Å². The van der Waals surface area contributed by atoms with Crippen LogP contribution in [0.1, 0.15) is 37.6 Å². The number of benzene rings is 1. The molecule has 2 aliphatic heterocycles. The smallest absolute Gasteiger partial charge is 0.163 e. The third-order valence-electron chi connectivity index (χ3n) is 4.17. The lowest BCUT2D eigenvalue weighted by Crippen LogP contribution is -2.16. The summed E-state index contributed by atoms with van der Waals surface area (Å²) in [6, 6.07) is 8.52. The number of aliphatic imine (C=N–C) groups is 1. The zero-order chi connectivity index (χ0) is 14.4. The Kier molecular flexibility index (Phi) is 2.77. The molecule has 0 saturated carbocycles. The fourth-order valence-electron chi connectivity index (χ4n) is 3.14. The SMILES string of the molecule is CC[C@H]1N=C(C)c2cccn2-c2cc3c(cc21)OCCO3. The fourth-order valence-corrected chi connectivity index (χ4v) is 3.14. The standard InChI is InChI=1S/C17H18N2O2/c1-3-13-12-9-16-17(21-8-7-20-16)10-15(12)19-6-4-5-14(19)11(2)18-13/h4-6,9-10,13H,3,7-8H2,1-2H3/t13-/m1/s1. The molecule has 1 atom stereocenters. The molecule has 4 rings (SSSR count). The molecule has 0 radical (unpaired) electrons. The molecule has 4 nitrogen and oxygen atoms in total. The van der Waals surface area contributed by atoms with Crippen LogP contribution in [0.15, 0.2) is 35.5 Å². The fraction of sp³-hybridized carbons (Fsp3) is 0.353. The van der Waals surface area contributed by atoms with Crippen LogP contribution in [0, 0.1) is 0 Å². The lowest BCUT2D eigenvalue weighted by Gasteiger charge is -2.23. The molecule has 1 aromatic heterocycles. The summed E-state index contributed by atoms with van der Waals surface area (Å²) in [5.74, 6) is 1.66. The van der Waals surface area contributed by atoms with Crippen LogP contribution in [0.4, 0.5) is 0 Å². The van der Waals surface area contributed by atoms with Gasteiger partial charge in [0.05, 0.1) is 23.1 Å². The van der Waals surface area contributed by atoms with Crippen LogP contribution in [0.2, 0.25) is 0 Å². The van der Waals surface area contributed by atoms with E-state index in [1.165, 1.54) is 5.56 Å². The Hall–Kier alpha value is -2.23. The molecule has 0 bridgehead atoms. The third-order valence-corrected chi connectivity index (χ3v) is 4.17. The summed E-state index contributed by atoms with van der Waals surface area (Å²) in [6.45, 7) is 5.46. The van der Waals surface area contributed by atoms with Gasteiger partial charge in [-0.2, -0.15) is 0 Å². The van der Waals surface area contributed by atoms with E-state index in [-0.39, 0.29) is 6.04 Å². The third kappa shape index (κ3) is 1.86. The summed E-state index contributed by atoms with van der Waals surface area (Å²) in [5, 5.41) is 0. The minimum absolute atomic E-state index is 0.163. The normalized spacial score (nSPS) is 19.3. The highest BCUT2D eigenvalue weighted by molar-refractivity contribution is 5.98. The maximum Gasteiger partial charge on any atom is 0.163 e. The van der Waals surface area contributed by atoms with Gasteiger partial charge in [-0.25, -0.2) is 0 Å². The zero-order valence-corrected chi connectivity index (χ0v) is 12.3. The molecule has 0 amide bonds. The molecule has 0 N–H and O–H groups in total. The molecule has 2 aromatic rings. The number of nitrogens with zero attached hydrogens (tertiary/aromatic N) is 2. The van der Waals surface area contributed by atoms with E-state index in [4.69, 9.17) is 14.5 Å². The Morgan fingerprint density at radius 3 is 2.76 bits per heavy atom. The van der Waals surface area contributed by atoms with Gasteiger partial charge in [0.2, 0.25) is 0 Å². The maximum absolute atomic E-state index is 5.74. The number of hydrogen-bond donors (Lipinski definition) is 0. The Morgan fingerprint density at radius 2 is 2.00 bits per heavy atom. The first kappa shape index (κ1) is 12.5. The average Bonchev–Trinajstić information content (AvgIpc) is 2.97. The molecule has 0 fully saturated rings. The van der Waals surface area contributed by atoms with E-state index in [9.17, 15) is 0 Å². The zero-order valence-electron chi connectivity index (χ0n) is 12.3. The quantitative estimate of drug-likeness (QED) is 0.802. The predicted octanol–water partition coefficient (Wildman–Crippen LogP) is 3.52. The molecule has 4 heteroatoms. The number of aromatic nitrogens is 1. The van der Waals surface area contributed by atoms with Crippen molar-refractivity contribution in [3.05, 3.63) is 41.7 Å². The Balaban J connectivity index is 1.99. The van der Waals surface area contributed by atoms with Gasteiger partial charge in [-0.3, -0.25) is 4.99 Å². The van der Waals surface area contributed by atoms with Crippen LogP contribution in [-0.2, 0) is 0 Å². The van der Waals surface area contributed by atoms with E-state index in [1.807, 2.05) is 0 Å². The molecule has 0 aliphatic carbocycles. The van der Waals surface area contributed by atoms with Crippen molar-refractivity contribution in [1.29, 1.82) is 0 Å². The highest BCUT2D eigenvalue weighted by Gasteiger charge is 2.24. The van der Waals surface area contributed by atoms with E-state index in [0.29, 0.717) is 13.2 Å². The largest absolute Gasteiger partial charge is 0.486 e. The van der Waals surface area contributed by atoms with Crippen LogP contribution < -0.4 is 9.47 Å². The van der Waals surface area contributed by atoms with Crippen molar-refractivity contribution < 1.29 is 9.47 Å². The topological polar surface area (TPSA) is 35.8 Å². The van der Waals surface area contributed by atoms with Gasteiger partial charge in [-0.05, 0) is 31.5 Å². The summed E-state index contributed by atoms with van der Waals surface area (Å²) in [7, 11) is 0. The summed E-state index contributed by atoms with van der Waals surface area (Å²) >= 11 is 0. The van der Waals surface area contributed by atoms with Crippen LogP contribution in [0.3, 0.4) is 0 Å². The van der Waals surface area contributed by atoms with Gasteiger partial charge >= 0.3 is 0 Å². The monoisotopic (exact) mass is 282 g/mol. The molecule has 0 spiro atoms. The van der Waals surface area contributed by atoms with Crippen LogP contribution >= 0.6 is 0 Å². The second-order valence-corrected chi connectivity index (χ2v) is 5.46. The summed E-state index contributed by atoms with van der Waals surface area (Å²) in [5.41, 5.74) is 4.56. The highest BCUT2D eigenvalue weighted by atomic mass is 16.6. The van der Waals surface area contributed by atoms with Gasteiger partial charge in [-0.15, -0.1) is 0 Å². The van der Waals surface area contributed by atoms with Gasteiger partial charge in [0.1, 0.15) is 13.2 Å². The first-order chi connectivity index (χ1) is 10.3. The van der Waals surface area contributed by atoms with Crippen molar-refractivity contribution in [1.82, 2.24) is 4.57 Å². The number of fused-ring (bicyclic) bond motifs is 4. The Labute approximate surface area is 124 Å². The number of hydrogen-bond acceptors (Lipinski definition) is 3. The number of rotatable bonds is 1. The van der Waals surface area contributed by atoms with Crippen molar-refractivity contribution >= 4 is 5.71 Å². The molecule has 1 aromatic carbocycles. The highest BCUT2D eigenvalue weighted by Crippen LogP contribution is 2.40. The van der Waals surface area contributed by atoms with Crippen molar-refractivity contribution in [3.8, 4) is 17.2 Å². The molecule has 0 saturated heterocycles. The molecule has 21 heavy (non-hydrogen) atoms. The minimum atomic E-state index is 0.163. The van der Waals surface area contributed by atoms with Crippen molar-refractivity contribution in [2.45, 2.75) is 26.3 Å². The van der Waals surface area contributed by atoms with E-state index in [1.54, 1.807) is 0 Å². The maximum atomic E-state index is 5.74. The van der Waals surface area contributed by atoms with Crippen molar-refractivity contribution in [2.24, 2.45) is 4.99 Å². The van der Waals surface area contributed by atoms with Gasteiger partial charge in [0, 0.05) is 17.8 Å². The lowest BCUT2D eigenvalue weighted by atomic mass is 10.0. The average molecular weight is 282 g/mol. The predicted molar refractivity (Wildman–Crippen MR) is 82.0 cm³/mol.